The van der Waals surface area contributed by atoms with E-state index >= 15 is 0 Å². The van der Waals surface area contributed by atoms with Crippen LogP contribution in [-0.4, -0.2) is 4.98 Å². The van der Waals surface area contributed by atoms with Crippen molar-refractivity contribution >= 4 is 38.5 Å². The standard InChI is InChI=1S/C6H2BrF3IN/c7-2-1-12-5(6(9)10)3(8)4(2)11/h1,6H. The third kappa shape index (κ3) is 1.90. The van der Waals surface area contributed by atoms with Crippen molar-refractivity contribution in [1.29, 1.82) is 0 Å². The third-order valence-corrected chi connectivity index (χ3v) is 3.55. The van der Waals surface area contributed by atoms with Gasteiger partial charge < -0.3 is 0 Å². The lowest BCUT2D eigenvalue weighted by Gasteiger charge is -2.03. The molecule has 0 radical (unpaired) electrons. The highest BCUT2D eigenvalue weighted by Gasteiger charge is 2.18. The van der Waals surface area contributed by atoms with Crippen molar-refractivity contribution in [3.63, 3.8) is 0 Å². The summed E-state index contributed by atoms with van der Waals surface area (Å²) in [5, 5.41) is 0. The van der Waals surface area contributed by atoms with Crippen LogP contribution in [0.2, 0.25) is 0 Å². The summed E-state index contributed by atoms with van der Waals surface area (Å²) in [7, 11) is 0. The highest BCUT2D eigenvalue weighted by Crippen LogP contribution is 2.27. The van der Waals surface area contributed by atoms with E-state index in [1.165, 1.54) is 0 Å². The molecule has 0 N–H and O–H groups in total. The van der Waals surface area contributed by atoms with Gasteiger partial charge in [0.25, 0.3) is 6.43 Å². The molecule has 0 aromatic carbocycles. The molecule has 0 unspecified atom stereocenters. The van der Waals surface area contributed by atoms with Crippen LogP contribution < -0.4 is 0 Å². The summed E-state index contributed by atoms with van der Waals surface area (Å²) in [6.45, 7) is 0. The van der Waals surface area contributed by atoms with Crippen LogP contribution in [0.4, 0.5) is 13.2 Å². The number of pyridine rings is 1. The van der Waals surface area contributed by atoms with E-state index in [4.69, 9.17) is 0 Å². The van der Waals surface area contributed by atoms with E-state index in [1.54, 1.807) is 22.6 Å². The van der Waals surface area contributed by atoms with Crippen molar-refractivity contribution in [3.05, 3.63) is 25.8 Å². The first-order valence-corrected chi connectivity index (χ1v) is 4.68. The van der Waals surface area contributed by atoms with Crippen molar-refractivity contribution in [1.82, 2.24) is 4.98 Å². The maximum Gasteiger partial charge on any atom is 0.283 e. The molecule has 0 aliphatic heterocycles. The lowest BCUT2D eigenvalue weighted by atomic mass is 10.3. The van der Waals surface area contributed by atoms with Gasteiger partial charge in [0.05, 0.1) is 8.04 Å². The first kappa shape index (κ1) is 10.2. The van der Waals surface area contributed by atoms with Crippen LogP contribution in [0, 0.1) is 9.39 Å². The Morgan fingerprint density at radius 1 is 1.50 bits per heavy atom. The molecule has 0 aliphatic rings. The Morgan fingerprint density at radius 3 is 2.58 bits per heavy atom. The molecule has 1 heterocycles. The predicted octanol–water partition coefficient (Wildman–Crippen LogP) is 3.53. The fraction of sp³-hybridized carbons (Fsp3) is 0.167. The van der Waals surface area contributed by atoms with Crippen LogP contribution in [-0.2, 0) is 0 Å². The van der Waals surface area contributed by atoms with Crippen LogP contribution in [0.3, 0.4) is 0 Å². The Morgan fingerprint density at radius 2 is 2.08 bits per heavy atom. The fourth-order valence-electron chi connectivity index (χ4n) is 0.609. The molecule has 66 valence electrons. The number of hydrogen-bond donors (Lipinski definition) is 0. The quantitative estimate of drug-likeness (QED) is 0.705. The van der Waals surface area contributed by atoms with Gasteiger partial charge in [-0.3, -0.25) is 4.98 Å². The van der Waals surface area contributed by atoms with Gasteiger partial charge in [-0.1, -0.05) is 0 Å². The Balaban J connectivity index is 3.27. The van der Waals surface area contributed by atoms with Gasteiger partial charge in [-0.25, -0.2) is 13.2 Å². The third-order valence-electron chi connectivity index (χ3n) is 1.15. The van der Waals surface area contributed by atoms with Gasteiger partial charge in [-0.05, 0) is 38.5 Å². The summed E-state index contributed by atoms with van der Waals surface area (Å²) < 4.78 is 37.5. The van der Waals surface area contributed by atoms with Gasteiger partial charge in [0, 0.05) is 6.20 Å². The Kier molecular flexibility index (Phi) is 3.33. The summed E-state index contributed by atoms with van der Waals surface area (Å²) in [5.41, 5.74) is -0.803. The van der Waals surface area contributed by atoms with Crippen molar-refractivity contribution in [3.8, 4) is 0 Å². The number of halogens is 5. The summed E-state index contributed by atoms with van der Waals surface area (Å²) in [6.07, 6.45) is -1.71. The van der Waals surface area contributed by atoms with Gasteiger partial charge in [0.15, 0.2) is 5.82 Å². The molecular formula is C6H2BrF3IN. The van der Waals surface area contributed by atoms with Gasteiger partial charge in [0.1, 0.15) is 5.69 Å². The minimum Gasteiger partial charge on any atom is -0.251 e. The van der Waals surface area contributed by atoms with E-state index in [2.05, 4.69) is 20.9 Å². The lowest BCUT2D eigenvalue weighted by Crippen LogP contribution is -1.98. The van der Waals surface area contributed by atoms with Crippen molar-refractivity contribution < 1.29 is 13.2 Å². The molecule has 1 nitrogen and oxygen atoms in total. The second-order valence-corrected chi connectivity index (χ2v) is 3.85. The zero-order chi connectivity index (χ0) is 9.30. The lowest BCUT2D eigenvalue weighted by molar-refractivity contribution is 0.140. The summed E-state index contributed by atoms with van der Waals surface area (Å²) >= 11 is 4.61. The van der Waals surface area contributed by atoms with Crippen LogP contribution in [0.15, 0.2) is 10.7 Å². The normalized spacial score (nSPS) is 10.8. The molecule has 0 amide bonds. The van der Waals surface area contributed by atoms with Gasteiger partial charge in [-0.15, -0.1) is 0 Å². The maximum atomic E-state index is 12.9. The molecule has 1 rings (SSSR count). The van der Waals surface area contributed by atoms with E-state index in [0.29, 0.717) is 4.47 Å². The van der Waals surface area contributed by atoms with Crippen LogP contribution >= 0.6 is 38.5 Å². The molecule has 0 fully saturated rings. The van der Waals surface area contributed by atoms with Gasteiger partial charge >= 0.3 is 0 Å². The van der Waals surface area contributed by atoms with Crippen LogP contribution in [0.25, 0.3) is 0 Å². The zero-order valence-electron chi connectivity index (χ0n) is 5.49. The molecular weight excluding hydrogens is 350 g/mol. The average Bonchev–Trinajstić information content (AvgIpc) is 2.00. The van der Waals surface area contributed by atoms with Gasteiger partial charge in [-0.2, -0.15) is 0 Å². The molecule has 0 saturated carbocycles. The molecule has 1 aromatic heterocycles. The topological polar surface area (TPSA) is 12.9 Å². The smallest absolute Gasteiger partial charge is 0.251 e. The molecule has 0 bridgehead atoms. The van der Waals surface area contributed by atoms with Crippen molar-refractivity contribution in [2.75, 3.05) is 0 Å². The van der Waals surface area contributed by atoms with E-state index in [9.17, 15) is 13.2 Å². The van der Waals surface area contributed by atoms with Gasteiger partial charge in [0.2, 0.25) is 0 Å². The number of rotatable bonds is 1. The van der Waals surface area contributed by atoms with E-state index in [1.807, 2.05) is 0 Å². The van der Waals surface area contributed by atoms with Crippen molar-refractivity contribution in [2.24, 2.45) is 0 Å². The second kappa shape index (κ2) is 3.91. The molecule has 12 heavy (non-hydrogen) atoms. The largest absolute Gasteiger partial charge is 0.283 e. The molecule has 1 aromatic rings. The summed E-state index contributed by atoms with van der Waals surface area (Å²) in [5.74, 6) is -0.958. The number of hydrogen-bond acceptors (Lipinski definition) is 1. The molecule has 6 heteroatoms. The second-order valence-electron chi connectivity index (χ2n) is 1.92. The number of nitrogens with zero attached hydrogens (tertiary/aromatic N) is 1. The first-order valence-electron chi connectivity index (χ1n) is 2.81. The molecule has 0 spiro atoms. The number of alkyl halides is 2. The molecule has 0 saturated heterocycles. The van der Waals surface area contributed by atoms with E-state index in [0.717, 1.165) is 6.20 Å². The minimum absolute atomic E-state index is 0.123. The highest BCUT2D eigenvalue weighted by molar-refractivity contribution is 14.1. The zero-order valence-corrected chi connectivity index (χ0v) is 9.24. The highest BCUT2D eigenvalue weighted by atomic mass is 127. The SMILES string of the molecule is Fc1c(C(F)F)ncc(Br)c1I. The maximum absolute atomic E-state index is 12.9. The summed E-state index contributed by atoms with van der Waals surface area (Å²) in [4.78, 5) is 3.26. The Bertz CT molecular complexity index is 305. The average molecular weight is 352 g/mol. The molecule has 0 aliphatic carbocycles. The van der Waals surface area contributed by atoms with Crippen LogP contribution in [0.1, 0.15) is 12.1 Å². The summed E-state index contributed by atoms with van der Waals surface area (Å²) in [6, 6.07) is 0. The Labute approximate surface area is 88.6 Å². The number of aromatic nitrogens is 1. The molecule has 0 atom stereocenters. The fourth-order valence-corrected chi connectivity index (χ4v) is 1.30. The predicted molar refractivity (Wildman–Crippen MR) is 49.6 cm³/mol. The first-order chi connectivity index (χ1) is 5.54. The van der Waals surface area contributed by atoms with E-state index in [-0.39, 0.29) is 3.57 Å². The monoisotopic (exact) mass is 351 g/mol. The van der Waals surface area contributed by atoms with E-state index < -0.39 is 17.9 Å². The minimum atomic E-state index is -2.87. The Hall–Kier alpha value is 0.150. The van der Waals surface area contributed by atoms with Crippen LogP contribution in [0.5, 0.6) is 0 Å². The van der Waals surface area contributed by atoms with Crippen molar-refractivity contribution in [2.45, 2.75) is 6.43 Å².